The number of aromatic nitrogens is 1. The fourth-order valence-electron chi connectivity index (χ4n) is 2.48. The quantitative estimate of drug-likeness (QED) is 0.565. The lowest BCUT2D eigenvalue weighted by Gasteiger charge is -2.10. The minimum atomic E-state index is -0.237. The summed E-state index contributed by atoms with van der Waals surface area (Å²) in [5, 5.41) is 3.35. The molecular weight excluding hydrogens is 416 g/mol. The number of anilines is 1. The van der Waals surface area contributed by atoms with E-state index >= 15 is 0 Å². The number of benzene rings is 2. The van der Waals surface area contributed by atoms with Gasteiger partial charge in [-0.3, -0.25) is 10.1 Å². The molecular formula is C19H19BrN2O3S. The van der Waals surface area contributed by atoms with Gasteiger partial charge in [-0.2, -0.15) is 0 Å². The molecule has 1 aromatic heterocycles. The first-order chi connectivity index (χ1) is 12.6. The smallest absolute Gasteiger partial charge is 0.264 e. The van der Waals surface area contributed by atoms with Crippen molar-refractivity contribution in [2.45, 2.75) is 20.3 Å². The highest BCUT2D eigenvalue weighted by atomic mass is 79.9. The average molecular weight is 435 g/mol. The molecule has 0 spiro atoms. The number of carbonyl (C=O) groups excluding carboxylic acids is 1. The summed E-state index contributed by atoms with van der Waals surface area (Å²) in [6.45, 7) is 4.54. The van der Waals surface area contributed by atoms with E-state index < -0.39 is 0 Å². The standard InChI is InChI=1S/C19H19BrN2O3S/c1-3-12-9-13(20)5-8-16(12)25-11-18(23)22-19-21-15-7-6-14(24-4-2)10-17(15)26-19/h5-10H,3-4,11H2,1-2H3,(H,21,22,23). The molecule has 0 saturated heterocycles. The van der Waals surface area contributed by atoms with Crippen molar-refractivity contribution in [2.75, 3.05) is 18.5 Å². The maximum absolute atomic E-state index is 12.2. The molecule has 1 amide bonds. The molecule has 0 saturated carbocycles. The van der Waals surface area contributed by atoms with Gasteiger partial charge >= 0.3 is 0 Å². The van der Waals surface area contributed by atoms with Gasteiger partial charge in [0.2, 0.25) is 0 Å². The largest absolute Gasteiger partial charge is 0.494 e. The number of hydrogen-bond acceptors (Lipinski definition) is 5. The number of ether oxygens (including phenoxy) is 2. The Kier molecular flexibility index (Phi) is 6.11. The van der Waals surface area contributed by atoms with Crippen LogP contribution in [0.4, 0.5) is 5.13 Å². The van der Waals surface area contributed by atoms with Crippen LogP contribution in [0.2, 0.25) is 0 Å². The number of aryl methyl sites for hydroxylation is 1. The Bertz CT molecular complexity index is 926. The van der Waals surface area contributed by atoms with Gasteiger partial charge in [-0.25, -0.2) is 4.98 Å². The number of nitrogens with one attached hydrogen (secondary N) is 1. The third-order valence-electron chi connectivity index (χ3n) is 3.68. The van der Waals surface area contributed by atoms with Gasteiger partial charge in [-0.05, 0) is 55.3 Å². The number of halogens is 1. The van der Waals surface area contributed by atoms with Crippen LogP contribution in [0.25, 0.3) is 10.2 Å². The predicted octanol–water partition coefficient (Wildman–Crippen LogP) is 5.04. The van der Waals surface area contributed by atoms with Crippen LogP contribution in [0, 0.1) is 0 Å². The van der Waals surface area contributed by atoms with E-state index in [0.717, 1.165) is 38.2 Å². The van der Waals surface area contributed by atoms with Crippen molar-refractivity contribution < 1.29 is 14.3 Å². The molecule has 26 heavy (non-hydrogen) atoms. The van der Waals surface area contributed by atoms with E-state index in [-0.39, 0.29) is 12.5 Å². The van der Waals surface area contributed by atoms with E-state index in [1.165, 1.54) is 11.3 Å². The minimum Gasteiger partial charge on any atom is -0.494 e. The highest BCUT2D eigenvalue weighted by Gasteiger charge is 2.11. The Balaban J connectivity index is 1.64. The Morgan fingerprint density at radius 3 is 2.81 bits per heavy atom. The normalized spacial score (nSPS) is 10.7. The SMILES string of the molecule is CCOc1ccc2nc(NC(=O)COc3ccc(Br)cc3CC)sc2c1. The maximum atomic E-state index is 12.2. The Labute approximate surface area is 164 Å². The third kappa shape index (κ3) is 4.53. The molecule has 0 aliphatic carbocycles. The van der Waals surface area contributed by atoms with E-state index in [4.69, 9.17) is 9.47 Å². The summed E-state index contributed by atoms with van der Waals surface area (Å²) < 4.78 is 13.1. The van der Waals surface area contributed by atoms with Gasteiger partial charge in [0.05, 0.1) is 16.8 Å². The molecule has 0 fully saturated rings. The first-order valence-electron chi connectivity index (χ1n) is 8.33. The number of nitrogens with zero attached hydrogens (tertiary/aromatic N) is 1. The molecule has 0 atom stereocenters. The first kappa shape index (κ1) is 18.7. The molecule has 7 heteroatoms. The second-order valence-electron chi connectivity index (χ2n) is 5.52. The summed E-state index contributed by atoms with van der Waals surface area (Å²) in [6.07, 6.45) is 0.830. The minimum absolute atomic E-state index is 0.0608. The van der Waals surface area contributed by atoms with Gasteiger partial charge in [-0.1, -0.05) is 34.2 Å². The molecule has 0 bridgehead atoms. The van der Waals surface area contributed by atoms with E-state index in [9.17, 15) is 4.79 Å². The lowest BCUT2D eigenvalue weighted by molar-refractivity contribution is -0.118. The zero-order valence-corrected chi connectivity index (χ0v) is 16.9. The van der Waals surface area contributed by atoms with Gasteiger partial charge in [0.1, 0.15) is 11.5 Å². The van der Waals surface area contributed by atoms with Crippen LogP contribution < -0.4 is 14.8 Å². The number of thiazole rings is 1. The predicted molar refractivity (Wildman–Crippen MR) is 108 cm³/mol. The summed E-state index contributed by atoms with van der Waals surface area (Å²) in [5.74, 6) is 1.28. The van der Waals surface area contributed by atoms with E-state index in [1.54, 1.807) is 0 Å². The van der Waals surface area contributed by atoms with Crippen LogP contribution in [0.1, 0.15) is 19.4 Å². The molecule has 3 rings (SSSR count). The molecule has 5 nitrogen and oxygen atoms in total. The summed E-state index contributed by atoms with van der Waals surface area (Å²) in [6, 6.07) is 11.5. The molecule has 3 aromatic rings. The number of fused-ring (bicyclic) bond motifs is 1. The Morgan fingerprint density at radius 2 is 2.04 bits per heavy atom. The molecule has 0 unspecified atom stereocenters. The molecule has 0 aliphatic heterocycles. The van der Waals surface area contributed by atoms with Crippen LogP contribution in [0.5, 0.6) is 11.5 Å². The number of rotatable bonds is 7. The van der Waals surface area contributed by atoms with Crippen molar-refractivity contribution in [3.8, 4) is 11.5 Å². The molecule has 0 radical (unpaired) electrons. The van der Waals surface area contributed by atoms with Crippen LogP contribution >= 0.6 is 27.3 Å². The number of amides is 1. The Morgan fingerprint density at radius 1 is 1.19 bits per heavy atom. The van der Waals surface area contributed by atoms with Crippen molar-refractivity contribution in [1.82, 2.24) is 4.98 Å². The van der Waals surface area contributed by atoms with Crippen molar-refractivity contribution >= 4 is 48.5 Å². The molecule has 0 aliphatic rings. The number of hydrogen-bond donors (Lipinski definition) is 1. The summed E-state index contributed by atoms with van der Waals surface area (Å²) in [4.78, 5) is 16.6. The monoisotopic (exact) mass is 434 g/mol. The third-order valence-corrected chi connectivity index (χ3v) is 5.11. The van der Waals surface area contributed by atoms with Crippen LogP contribution in [-0.4, -0.2) is 24.1 Å². The van der Waals surface area contributed by atoms with Crippen molar-refractivity contribution in [1.29, 1.82) is 0 Å². The topological polar surface area (TPSA) is 60.5 Å². The molecule has 1 heterocycles. The Hall–Kier alpha value is -2.12. The fraction of sp³-hybridized carbons (Fsp3) is 0.263. The van der Waals surface area contributed by atoms with E-state index in [2.05, 4.69) is 26.2 Å². The first-order valence-corrected chi connectivity index (χ1v) is 9.94. The summed E-state index contributed by atoms with van der Waals surface area (Å²) in [7, 11) is 0. The van der Waals surface area contributed by atoms with Crippen molar-refractivity contribution in [2.24, 2.45) is 0 Å². The van der Waals surface area contributed by atoms with Gasteiger partial charge in [-0.15, -0.1) is 0 Å². The second-order valence-corrected chi connectivity index (χ2v) is 7.47. The van der Waals surface area contributed by atoms with Gasteiger partial charge in [0.25, 0.3) is 5.91 Å². The van der Waals surface area contributed by atoms with Gasteiger partial charge in [0, 0.05) is 4.47 Å². The maximum Gasteiger partial charge on any atom is 0.264 e. The molecule has 1 N–H and O–H groups in total. The lowest BCUT2D eigenvalue weighted by Crippen LogP contribution is -2.20. The highest BCUT2D eigenvalue weighted by Crippen LogP contribution is 2.29. The van der Waals surface area contributed by atoms with Gasteiger partial charge < -0.3 is 9.47 Å². The summed E-state index contributed by atoms with van der Waals surface area (Å²) in [5.41, 5.74) is 1.88. The zero-order valence-electron chi connectivity index (χ0n) is 14.5. The van der Waals surface area contributed by atoms with Crippen molar-refractivity contribution in [3.05, 3.63) is 46.4 Å². The zero-order chi connectivity index (χ0) is 18.5. The van der Waals surface area contributed by atoms with Gasteiger partial charge in [0.15, 0.2) is 11.7 Å². The highest BCUT2D eigenvalue weighted by molar-refractivity contribution is 9.10. The molecule has 2 aromatic carbocycles. The average Bonchev–Trinajstić information content (AvgIpc) is 3.02. The lowest BCUT2D eigenvalue weighted by atomic mass is 10.1. The van der Waals surface area contributed by atoms with E-state index in [1.807, 2.05) is 50.2 Å². The van der Waals surface area contributed by atoms with Crippen LogP contribution in [0.15, 0.2) is 40.9 Å². The fourth-order valence-corrected chi connectivity index (χ4v) is 3.80. The summed E-state index contributed by atoms with van der Waals surface area (Å²) >= 11 is 4.85. The van der Waals surface area contributed by atoms with Crippen LogP contribution in [-0.2, 0) is 11.2 Å². The number of carbonyl (C=O) groups is 1. The van der Waals surface area contributed by atoms with Crippen molar-refractivity contribution in [3.63, 3.8) is 0 Å². The van der Waals surface area contributed by atoms with Crippen LogP contribution in [0.3, 0.4) is 0 Å². The van der Waals surface area contributed by atoms with E-state index in [0.29, 0.717) is 11.7 Å². The second kappa shape index (κ2) is 8.51. The molecule has 136 valence electrons.